The molecule has 1 amide bonds. The number of aromatic nitrogens is 2. The second kappa shape index (κ2) is 9.22. The van der Waals surface area contributed by atoms with Crippen LogP contribution in [0.5, 0.6) is 0 Å². The lowest BCUT2D eigenvalue weighted by atomic mass is 10.0. The van der Waals surface area contributed by atoms with Gasteiger partial charge in [-0.15, -0.1) is 12.4 Å². The zero-order valence-corrected chi connectivity index (χ0v) is 17.0. The van der Waals surface area contributed by atoms with Crippen molar-refractivity contribution in [3.05, 3.63) is 66.0 Å². The quantitative estimate of drug-likeness (QED) is 0.713. The van der Waals surface area contributed by atoms with Gasteiger partial charge in [0.15, 0.2) is 0 Å². The first-order valence-corrected chi connectivity index (χ1v) is 9.70. The SMILES string of the molecule is CN(CCc1cccc2ccccc12)C(=O)c1ccn(C2CCCNC2)n1.Cl. The average Bonchev–Trinajstić information content (AvgIpc) is 3.22. The van der Waals surface area contributed by atoms with Crippen molar-refractivity contribution in [2.45, 2.75) is 25.3 Å². The predicted molar refractivity (Wildman–Crippen MR) is 115 cm³/mol. The molecule has 1 aromatic heterocycles. The maximum absolute atomic E-state index is 12.8. The van der Waals surface area contributed by atoms with E-state index in [0.29, 0.717) is 18.3 Å². The van der Waals surface area contributed by atoms with E-state index in [1.807, 2.05) is 24.0 Å². The molecule has 1 aliphatic heterocycles. The molecule has 1 aliphatic rings. The van der Waals surface area contributed by atoms with Crippen LogP contribution in [0, 0.1) is 0 Å². The summed E-state index contributed by atoms with van der Waals surface area (Å²) in [6, 6.07) is 16.9. The standard InChI is InChI=1S/C22H26N4O.ClH/c1-25(14-11-18-8-4-7-17-6-2-3-10-20(17)18)22(27)21-12-15-26(24-21)19-9-5-13-23-16-19;/h2-4,6-8,10,12,15,19,23H,5,9,11,13-14,16H2,1H3;1H. The van der Waals surface area contributed by atoms with Gasteiger partial charge in [0.1, 0.15) is 5.69 Å². The Balaban J connectivity index is 0.00000225. The van der Waals surface area contributed by atoms with Gasteiger partial charge in [0.2, 0.25) is 0 Å². The van der Waals surface area contributed by atoms with Gasteiger partial charge in [-0.1, -0.05) is 42.5 Å². The molecule has 3 aromatic rings. The number of nitrogens with one attached hydrogen (secondary N) is 1. The summed E-state index contributed by atoms with van der Waals surface area (Å²) in [5, 5.41) is 10.4. The fraction of sp³-hybridized carbons (Fsp3) is 0.364. The summed E-state index contributed by atoms with van der Waals surface area (Å²) in [6.45, 7) is 2.66. The van der Waals surface area contributed by atoms with E-state index < -0.39 is 0 Å². The van der Waals surface area contributed by atoms with E-state index in [9.17, 15) is 4.79 Å². The fourth-order valence-corrected chi connectivity index (χ4v) is 3.81. The van der Waals surface area contributed by atoms with Crippen molar-refractivity contribution in [3.8, 4) is 0 Å². The molecule has 2 heterocycles. The number of hydrogen-bond acceptors (Lipinski definition) is 3. The minimum absolute atomic E-state index is 0. The lowest BCUT2D eigenvalue weighted by molar-refractivity contribution is 0.0789. The van der Waals surface area contributed by atoms with Crippen LogP contribution in [-0.4, -0.2) is 47.3 Å². The molecule has 1 atom stereocenters. The lowest BCUT2D eigenvalue weighted by Crippen LogP contribution is -2.32. The highest BCUT2D eigenvalue weighted by molar-refractivity contribution is 5.92. The molecule has 28 heavy (non-hydrogen) atoms. The number of piperidine rings is 1. The van der Waals surface area contributed by atoms with Crippen molar-refractivity contribution in [1.29, 1.82) is 0 Å². The molecule has 1 N–H and O–H groups in total. The topological polar surface area (TPSA) is 50.2 Å². The first kappa shape index (κ1) is 20.4. The molecule has 0 aliphatic carbocycles. The number of amides is 1. The largest absolute Gasteiger partial charge is 0.340 e. The molecule has 6 heteroatoms. The Morgan fingerprint density at radius 3 is 2.86 bits per heavy atom. The molecule has 1 unspecified atom stereocenters. The van der Waals surface area contributed by atoms with E-state index in [0.717, 1.165) is 32.4 Å². The monoisotopic (exact) mass is 398 g/mol. The number of carbonyl (C=O) groups is 1. The van der Waals surface area contributed by atoms with Crippen molar-refractivity contribution >= 4 is 29.1 Å². The smallest absolute Gasteiger partial charge is 0.274 e. The lowest BCUT2D eigenvalue weighted by Gasteiger charge is -2.23. The van der Waals surface area contributed by atoms with Crippen LogP contribution in [0.15, 0.2) is 54.7 Å². The van der Waals surface area contributed by atoms with Gasteiger partial charge in [-0.3, -0.25) is 9.48 Å². The molecule has 0 radical (unpaired) electrons. The molecular weight excluding hydrogens is 372 g/mol. The Bertz CT molecular complexity index is 928. The third kappa shape index (κ3) is 4.37. The third-order valence-electron chi connectivity index (χ3n) is 5.42. The van der Waals surface area contributed by atoms with Crippen LogP contribution in [0.25, 0.3) is 10.8 Å². The Morgan fingerprint density at radius 1 is 1.21 bits per heavy atom. The van der Waals surface area contributed by atoms with Crippen LogP contribution in [0.1, 0.15) is 34.9 Å². The number of benzene rings is 2. The first-order valence-electron chi connectivity index (χ1n) is 9.70. The number of carbonyl (C=O) groups excluding carboxylic acids is 1. The van der Waals surface area contributed by atoms with Crippen molar-refractivity contribution in [1.82, 2.24) is 20.0 Å². The van der Waals surface area contributed by atoms with Gasteiger partial charge >= 0.3 is 0 Å². The summed E-state index contributed by atoms with van der Waals surface area (Å²) < 4.78 is 1.94. The van der Waals surface area contributed by atoms with Crippen LogP contribution in [-0.2, 0) is 6.42 Å². The first-order chi connectivity index (χ1) is 13.2. The molecule has 4 rings (SSSR count). The predicted octanol–water partition coefficient (Wildman–Crippen LogP) is 3.70. The molecule has 5 nitrogen and oxygen atoms in total. The van der Waals surface area contributed by atoms with Crippen molar-refractivity contribution < 1.29 is 4.79 Å². The van der Waals surface area contributed by atoms with E-state index in [1.54, 1.807) is 4.90 Å². The van der Waals surface area contributed by atoms with Gasteiger partial charge in [-0.2, -0.15) is 5.10 Å². The average molecular weight is 399 g/mol. The number of fused-ring (bicyclic) bond motifs is 1. The van der Waals surface area contributed by atoms with E-state index in [2.05, 4.69) is 52.9 Å². The number of halogens is 1. The number of likely N-dealkylation sites (N-methyl/N-ethyl adjacent to an activating group) is 1. The van der Waals surface area contributed by atoms with Gasteiger partial charge in [0.05, 0.1) is 6.04 Å². The normalized spacial score (nSPS) is 16.5. The minimum atomic E-state index is -0.0160. The Hall–Kier alpha value is -2.37. The zero-order chi connectivity index (χ0) is 18.6. The van der Waals surface area contributed by atoms with Crippen LogP contribution < -0.4 is 5.32 Å². The third-order valence-corrected chi connectivity index (χ3v) is 5.42. The van der Waals surface area contributed by atoms with E-state index in [1.165, 1.54) is 16.3 Å². The Kier molecular flexibility index (Phi) is 6.70. The van der Waals surface area contributed by atoms with Crippen LogP contribution in [0.2, 0.25) is 0 Å². The summed E-state index contributed by atoms with van der Waals surface area (Å²) in [6.07, 6.45) is 5.03. The minimum Gasteiger partial charge on any atom is -0.340 e. The fourth-order valence-electron chi connectivity index (χ4n) is 3.81. The number of hydrogen-bond donors (Lipinski definition) is 1. The second-order valence-electron chi connectivity index (χ2n) is 7.30. The van der Waals surface area contributed by atoms with Gasteiger partial charge in [-0.05, 0) is 48.2 Å². The Labute approximate surface area is 172 Å². The summed E-state index contributed by atoms with van der Waals surface area (Å²) in [4.78, 5) is 14.5. The van der Waals surface area contributed by atoms with Crippen LogP contribution >= 0.6 is 12.4 Å². The van der Waals surface area contributed by atoms with Gasteiger partial charge in [0, 0.05) is 26.3 Å². The number of rotatable bonds is 5. The van der Waals surface area contributed by atoms with Gasteiger partial charge in [0.25, 0.3) is 5.91 Å². The molecule has 0 bridgehead atoms. The van der Waals surface area contributed by atoms with Crippen LogP contribution in [0.4, 0.5) is 0 Å². The second-order valence-corrected chi connectivity index (χ2v) is 7.30. The van der Waals surface area contributed by atoms with Crippen molar-refractivity contribution in [3.63, 3.8) is 0 Å². The molecule has 0 saturated carbocycles. The number of nitrogens with zero attached hydrogens (tertiary/aromatic N) is 3. The van der Waals surface area contributed by atoms with E-state index >= 15 is 0 Å². The maximum atomic E-state index is 12.8. The highest BCUT2D eigenvalue weighted by Gasteiger charge is 2.19. The summed E-state index contributed by atoms with van der Waals surface area (Å²) in [7, 11) is 1.86. The molecular formula is C22H27ClN4O. The van der Waals surface area contributed by atoms with Crippen LogP contribution in [0.3, 0.4) is 0 Å². The van der Waals surface area contributed by atoms with E-state index in [4.69, 9.17) is 0 Å². The summed E-state index contributed by atoms with van der Waals surface area (Å²) >= 11 is 0. The highest BCUT2D eigenvalue weighted by Crippen LogP contribution is 2.19. The summed E-state index contributed by atoms with van der Waals surface area (Å²) in [5.74, 6) is -0.0160. The molecule has 1 saturated heterocycles. The highest BCUT2D eigenvalue weighted by atomic mass is 35.5. The van der Waals surface area contributed by atoms with Gasteiger partial charge < -0.3 is 10.2 Å². The van der Waals surface area contributed by atoms with Crippen molar-refractivity contribution in [2.75, 3.05) is 26.7 Å². The van der Waals surface area contributed by atoms with Gasteiger partial charge in [-0.25, -0.2) is 0 Å². The maximum Gasteiger partial charge on any atom is 0.274 e. The molecule has 0 spiro atoms. The molecule has 148 valence electrons. The molecule has 1 fully saturated rings. The summed E-state index contributed by atoms with van der Waals surface area (Å²) in [5.41, 5.74) is 1.80. The Morgan fingerprint density at radius 2 is 2.04 bits per heavy atom. The molecule has 2 aromatic carbocycles. The zero-order valence-electron chi connectivity index (χ0n) is 16.2. The van der Waals surface area contributed by atoms with Crippen molar-refractivity contribution in [2.24, 2.45) is 0 Å². The van der Waals surface area contributed by atoms with E-state index in [-0.39, 0.29) is 18.3 Å².